The topological polar surface area (TPSA) is 12.0 Å². The number of hydrogen-bond donors (Lipinski definition) is 1. The summed E-state index contributed by atoms with van der Waals surface area (Å²) in [5.41, 5.74) is 4.96. The molecule has 1 unspecified atom stereocenters. The van der Waals surface area contributed by atoms with Gasteiger partial charge in [0.05, 0.1) is 6.04 Å². The van der Waals surface area contributed by atoms with E-state index in [0.717, 1.165) is 10.6 Å². The van der Waals surface area contributed by atoms with Gasteiger partial charge in [-0.05, 0) is 43.7 Å². The van der Waals surface area contributed by atoms with Crippen molar-refractivity contribution in [3.63, 3.8) is 0 Å². The molecule has 94 valence electrons. The number of nitrogens with one attached hydrogen (secondary N) is 1. The number of halogens is 1. The average molecular weight is 260 g/mol. The lowest BCUT2D eigenvalue weighted by Gasteiger charge is -2.20. The summed E-state index contributed by atoms with van der Waals surface area (Å²) >= 11 is 6.29. The normalized spacial score (nSPS) is 12.4. The van der Waals surface area contributed by atoms with E-state index in [1.807, 2.05) is 25.2 Å². The Bertz CT molecular complexity index is 549. The molecule has 2 aromatic rings. The van der Waals surface area contributed by atoms with Crippen LogP contribution in [0.4, 0.5) is 0 Å². The van der Waals surface area contributed by atoms with Gasteiger partial charge in [0.15, 0.2) is 0 Å². The molecule has 2 aromatic carbocycles. The van der Waals surface area contributed by atoms with Crippen LogP contribution in [-0.4, -0.2) is 7.05 Å². The fourth-order valence-electron chi connectivity index (χ4n) is 2.34. The third-order valence-corrected chi connectivity index (χ3v) is 3.59. The molecule has 0 aromatic heterocycles. The second-order valence-corrected chi connectivity index (χ2v) is 5.01. The average Bonchev–Trinajstić information content (AvgIpc) is 2.34. The van der Waals surface area contributed by atoms with E-state index in [0.29, 0.717) is 0 Å². The molecule has 0 aliphatic rings. The summed E-state index contributed by atoms with van der Waals surface area (Å²) in [5.74, 6) is 0. The van der Waals surface area contributed by atoms with Crippen molar-refractivity contribution in [2.45, 2.75) is 19.9 Å². The Morgan fingerprint density at radius 1 is 1.00 bits per heavy atom. The summed E-state index contributed by atoms with van der Waals surface area (Å²) in [5, 5.41) is 4.15. The van der Waals surface area contributed by atoms with Crippen LogP contribution in [0, 0.1) is 13.8 Å². The highest BCUT2D eigenvalue weighted by atomic mass is 35.5. The van der Waals surface area contributed by atoms with Crippen LogP contribution in [0.25, 0.3) is 0 Å². The van der Waals surface area contributed by atoms with Crippen LogP contribution in [0.2, 0.25) is 5.02 Å². The Kier molecular flexibility index (Phi) is 4.05. The maximum absolute atomic E-state index is 6.29. The zero-order valence-corrected chi connectivity index (χ0v) is 11.8. The van der Waals surface area contributed by atoms with E-state index in [2.05, 4.69) is 43.4 Å². The molecule has 2 heteroatoms. The number of aryl methyl sites for hydroxylation is 2. The van der Waals surface area contributed by atoms with Crippen molar-refractivity contribution in [2.75, 3.05) is 7.05 Å². The monoisotopic (exact) mass is 259 g/mol. The highest BCUT2D eigenvalue weighted by molar-refractivity contribution is 6.31. The Balaban J connectivity index is 2.49. The molecule has 18 heavy (non-hydrogen) atoms. The van der Waals surface area contributed by atoms with Gasteiger partial charge >= 0.3 is 0 Å². The van der Waals surface area contributed by atoms with Crippen LogP contribution in [0.15, 0.2) is 42.5 Å². The molecule has 1 atom stereocenters. The van der Waals surface area contributed by atoms with Crippen LogP contribution >= 0.6 is 11.6 Å². The lowest BCUT2D eigenvalue weighted by Crippen LogP contribution is -2.19. The van der Waals surface area contributed by atoms with Crippen LogP contribution < -0.4 is 5.32 Å². The third kappa shape index (κ3) is 2.58. The van der Waals surface area contributed by atoms with E-state index in [4.69, 9.17) is 11.6 Å². The van der Waals surface area contributed by atoms with Gasteiger partial charge in [0.1, 0.15) is 0 Å². The van der Waals surface area contributed by atoms with E-state index < -0.39 is 0 Å². The van der Waals surface area contributed by atoms with Gasteiger partial charge in [-0.1, -0.05) is 53.6 Å². The first-order chi connectivity index (χ1) is 8.63. The Hall–Kier alpha value is -1.31. The molecule has 0 bridgehead atoms. The van der Waals surface area contributed by atoms with Crippen LogP contribution in [0.5, 0.6) is 0 Å². The zero-order valence-electron chi connectivity index (χ0n) is 11.0. The number of rotatable bonds is 3. The maximum Gasteiger partial charge on any atom is 0.0591 e. The molecule has 1 N–H and O–H groups in total. The minimum atomic E-state index is 0.138. The van der Waals surface area contributed by atoms with E-state index in [1.165, 1.54) is 16.7 Å². The fourth-order valence-corrected chi connectivity index (χ4v) is 2.58. The molecule has 0 radical (unpaired) electrons. The van der Waals surface area contributed by atoms with E-state index in [-0.39, 0.29) is 6.04 Å². The van der Waals surface area contributed by atoms with Crippen molar-refractivity contribution < 1.29 is 0 Å². The van der Waals surface area contributed by atoms with E-state index in [9.17, 15) is 0 Å². The Morgan fingerprint density at radius 2 is 1.72 bits per heavy atom. The number of hydrogen-bond acceptors (Lipinski definition) is 1. The lowest BCUT2D eigenvalue weighted by molar-refractivity contribution is 0.687. The molecule has 0 heterocycles. The molecule has 0 amide bonds. The van der Waals surface area contributed by atoms with Crippen molar-refractivity contribution >= 4 is 11.6 Å². The second-order valence-electron chi connectivity index (χ2n) is 4.60. The summed E-state index contributed by atoms with van der Waals surface area (Å²) in [6.07, 6.45) is 0. The molecule has 1 nitrogen and oxygen atoms in total. The predicted octanol–water partition coefficient (Wildman–Crippen LogP) is 4.27. The quantitative estimate of drug-likeness (QED) is 0.868. The summed E-state index contributed by atoms with van der Waals surface area (Å²) in [6, 6.07) is 14.7. The summed E-state index contributed by atoms with van der Waals surface area (Å²) in [4.78, 5) is 0. The standard InChI is InChI=1S/C16H18ClN/c1-11-8-9-13(12(2)10-11)16(18-3)14-6-4-5-7-15(14)17/h4-10,16,18H,1-3H3. The van der Waals surface area contributed by atoms with Gasteiger partial charge in [-0.3, -0.25) is 0 Å². The first kappa shape index (κ1) is 13.1. The molecule has 0 aliphatic carbocycles. The van der Waals surface area contributed by atoms with Crippen molar-refractivity contribution in [1.82, 2.24) is 5.32 Å². The zero-order chi connectivity index (χ0) is 13.1. The first-order valence-corrected chi connectivity index (χ1v) is 6.50. The molecule has 0 saturated heterocycles. The summed E-state index contributed by atoms with van der Waals surface area (Å²) in [7, 11) is 1.97. The Morgan fingerprint density at radius 3 is 2.33 bits per heavy atom. The van der Waals surface area contributed by atoms with Gasteiger partial charge < -0.3 is 5.32 Å². The minimum absolute atomic E-state index is 0.138. The second kappa shape index (κ2) is 5.55. The van der Waals surface area contributed by atoms with Crippen molar-refractivity contribution in [3.8, 4) is 0 Å². The van der Waals surface area contributed by atoms with E-state index in [1.54, 1.807) is 0 Å². The van der Waals surface area contributed by atoms with Crippen LogP contribution in [0.1, 0.15) is 28.3 Å². The lowest BCUT2D eigenvalue weighted by atomic mass is 9.94. The van der Waals surface area contributed by atoms with Crippen molar-refractivity contribution in [3.05, 3.63) is 69.7 Å². The van der Waals surface area contributed by atoms with Crippen molar-refractivity contribution in [2.24, 2.45) is 0 Å². The molecule has 0 fully saturated rings. The smallest absolute Gasteiger partial charge is 0.0591 e. The summed E-state index contributed by atoms with van der Waals surface area (Å²) < 4.78 is 0. The number of benzene rings is 2. The van der Waals surface area contributed by atoms with Gasteiger partial charge in [0.25, 0.3) is 0 Å². The predicted molar refractivity (Wildman–Crippen MR) is 78.3 cm³/mol. The van der Waals surface area contributed by atoms with Crippen molar-refractivity contribution in [1.29, 1.82) is 0 Å². The molecule has 0 aliphatic heterocycles. The fraction of sp³-hybridized carbons (Fsp3) is 0.250. The minimum Gasteiger partial charge on any atom is -0.309 e. The highest BCUT2D eigenvalue weighted by Gasteiger charge is 2.16. The highest BCUT2D eigenvalue weighted by Crippen LogP contribution is 2.29. The SMILES string of the molecule is CNC(c1ccc(C)cc1C)c1ccccc1Cl. The third-order valence-electron chi connectivity index (χ3n) is 3.24. The van der Waals surface area contributed by atoms with Crippen LogP contribution in [-0.2, 0) is 0 Å². The Labute approximate surface area is 114 Å². The summed E-state index contributed by atoms with van der Waals surface area (Å²) in [6.45, 7) is 4.25. The van der Waals surface area contributed by atoms with Gasteiger partial charge in [-0.2, -0.15) is 0 Å². The van der Waals surface area contributed by atoms with Gasteiger partial charge in [-0.25, -0.2) is 0 Å². The molecular formula is C16H18ClN. The molecular weight excluding hydrogens is 242 g/mol. The van der Waals surface area contributed by atoms with Gasteiger partial charge in [-0.15, -0.1) is 0 Å². The van der Waals surface area contributed by atoms with Gasteiger partial charge in [0.2, 0.25) is 0 Å². The first-order valence-electron chi connectivity index (χ1n) is 6.12. The maximum atomic E-state index is 6.29. The molecule has 2 rings (SSSR count). The van der Waals surface area contributed by atoms with Crippen LogP contribution in [0.3, 0.4) is 0 Å². The van der Waals surface area contributed by atoms with Gasteiger partial charge in [0, 0.05) is 5.02 Å². The molecule has 0 spiro atoms. The molecule has 0 saturated carbocycles. The largest absolute Gasteiger partial charge is 0.309 e. The van der Waals surface area contributed by atoms with E-state index >= 15 is 0 Å².